The zero-order valence-corrected chi connectivity index (χ0v) is 25.6. The van der Waals surface area contributed by atoms with Crippen LogP contribution in [0.3, 0.4) is 0 Å². The van der Waals surface area contributed by atoms with Gasteiger partial charge in [0.25, 0.3) is 0 Å². The van der Waals surface area contributed by atoms with Gasteiger partial charge in [-0.25, -0.2) is 4.98 Å². The van der Waals surface area contributed by atoms with Crippen LogP contribution in [0.2, 0.25) is 0 Å². The van der Waals surface area contributed by atoms with Gasteiger partial charge < -0.3 is 23.8 Å². The summed E-state index contributed by atoms with van der Waals surface area (Å²) < 4.78 is 53.8. The molecular formula is C32H40N4O7S. The van der Waals surface area contributed by atoms with Crippen LogP contribution >= 0.6 is 0 Å². The Balaban J connectivity index is 1.21. The summed E-state index contributed by atoms with van der Waals surface area (Å²) in [6, 6.07) is 21.9. The number of ether oxygens (including phenoxy) is 4. The van der Waals surface area contributed by atoms with Gasteiger partial charge in [-0.05, 0) is 42.5 Å². The molecule has 2 fully saturated rings. The second kappa shape index (κ2) is 16.0. The van der Waals surface area contributed by atoms with Crippen LogP contribution in [0.15, 0.2) is 79.0 Å². The molecule has 2 saturated heterocycles. The number of nitrogens with one attached hydrogen (secondary N) is 1. The summed E-state index contributed by atoms with van der Waals surface area (Å²) in [5.41, 5.74) is 2.30. The Morgan fingerprint density at radius 3 is 2.11 bits per heavy atom. The molecule has 2 aliphatic heterocycles. The highest BCUT2D eigenvalue weighted by Gasteiger charge is 2.39. The molecule has 2 aliphatic rings. The lowest BCUT2D eigenvalue weighted by atomic mass is 10.1. The first-order chi connectivity index (χ1) is 21.5. The van der Waals surface area contributed by atoms with E-state index in [2.05, 4.69) is 14.6 Å². The van der Waals surface area contributed by atoms with Gasteiger partial charge in [-0.3, -0.25) is 9.52 Å². The number of carbonyl (C=O) groups excluding carboxylic acids is 1. The number of nitrogens with zero attached hydrogens (tertiary/aromatic N) is 3. The van der Waals surface area contributed by atoms with Crippen LogP contribution in [-0.2, 0) is 47.2 Å². The van der Waals surface area contributed by atoms with E-state index in [-0.39, 0.29) is 19.8 Å². The highest BCUT2D eigenvalue weighted by molar-refractivity contribution is 7.90. The molecule has 2 aromatic carbocycles. The number of carbonyl (C=O) groups is 1. The molecule has 11 nitrogen and oxygen atoms in total. The summed E-state index contributed by atoms with van der Waals surface area (Å²) in [7, 11) is -4.06. The maximum absolute atomic E-state index is 13.5. The van der Waals surface area contributed by atoms with E-state index in [1.54, 1.807) is 12.1 Å². The molecule has 1 N–H and O–H groups in total. The summed E-state index contributed by atoms with van der Waals surface area (Å²) in [5, 5.41) is 0. The molecule has 3 aromatic rings. The topological polar surface area (TPSA) is 120 Å². The number of pyridine rings is 1. The molecule has 0 spiro atoms. The number of piperidine rings is 1. The Labute approximate surface area is 259 Å². The van der Waals surface area contributed by atoms with Crippen LogP contribution in [0.1, 0.15) is 30.4 Å². The summed E-state index contributed by atoms with van der Waals surface area (Å²) in [5.74, 6) is 0.137. The number of rotatable bonds is 14. The van der Waals surface area contributed by atoms with Gasteiger partial charge in [0, 0.05) is 19.6 Å². The van der Waals surface area contributed by atoms with Crippen molar-refractivity contribution in [3.63, 3.8) is 0 Å². The number of aromatic nitrogens is 1. The maximum atomic E-state index is 13.5. The van der Waals surface area contributed by atoms with Gasteiger partial charge in [0.15, 0.2) is 0 Å². The number of esters is 1. The Morgan fingerprint density at radius 2 is 1.52 bits per heavy atom. The van der Waals surface area contributed by atoms with Gasteiger partial charge in [-0.1, -0.05) is 60.7 Å². The van der Waals surface area contributed by atoms with Gasteiger partial charge in [0.05, 0.1) is 51.5 Å². The molecule has 1 atom stereocenters. The van der Waals surface area contributed by atoms with Crippen molar-refractivity contribution in [1.29, 1.82) is 0 Å². The van der Waals surface area contributed by atoms with Gasteiger partial charge in [0.2, 0.25) is 0 Å². The van der Waals surface area contributed by atoms with Crippen molar-refractivity contribution in [2.45, 2.75) is 44.6 Å². The third kappa shape index (κ3) is 9.23. The monoisotopic (exact) mass is 624 g/mol. The molecule has 5 rings (SSSR count). The second-order valence-electron chi connectivity index (χ2n) is 10.8. The Morgan fingerprint density at radius 1 is 0.886 bits per heavy atom. The zero-order chi connectivity index (χ0) is 30.6. The summed E-state index contributed by atoms with van der Waals surface area (Å²) in [6.45, 7) is 3.82. The van der Waals surface area contributed by atoms with Crippen molar-refractivity contribution in [1.82, 2.24) is 9.29 Å². The Bertz CT molecular complexity index is 1360. The Kier molecular flexibility index (Phi) is 11.6. The fourth-order valence-corrected chi connectivity index (χ4v) is 6.62. The van der Waals surface area contributed by atoms with Crippen LogP contribution in [0.25, 0.3) is 0 Å². The lowest BCUT2D eigenvalue weighted by Gasteiger charge is -2.34. The third-order valence-electron chi connectivity index (χ3n) is 7.48. The first-order valence-electron chi connectivity index (χ1n) is 15.0. The van der Waals surface area contributed by atoms with Gasteiger partial charge in [0.1, 0.15) is 18.0 Å². The van der Waals surface area contributed by atoms with E-state index in [9.17, 15) is 13.2 Å². The molecule has 0 bridgehead atoms. The van der Waals surface area contributed by atoms with E-state index >= 15 is 0 Å². The summed E-state index contributed by atoms with van der Waals surface area (Å²) in [6.07, 6.45) is 2.48. The highest BCUT2D eigenvalue weighted by atomic mass is 32.2. The third-order valence-corrected chi connectivity index (χ3v) is 9.03. The van der Waals surface area contributed by atoms with Crippen LogP contribution in [-0.4, -0.2) is 81.9 Å². The largest absolute Gasteiger partial charge is 0.456 e. The van der Waals surface area contributed by atoms with E-state index in [0.29, 0.717) is 51.4 Å². The molecule has 1 unspecified atom stereocenters. The van der Waals surface area contributed by atoms with E-state index in [1.165, 1.54) is 10.5 Å². The van der Waals surface area contributed by atoms with Crippen molar-refractivity contribution in [3.05, 3.63) is 90.1 Å². The molecule has 12 heteroatoms. The lowest BCUT2D eigenvalue weighted by Crippen LogP contribution is -2.51. The molecule has 236 valence electrons. The fourth-order valence-electron chi connectivity index (χ4n) is 5.19. The average molecular weight is 625 g/mol. The van der Waals surface area contributed by atoms with E-state index in [1.807, 2.05) is 60.7 Å². The van der Waals surface area contributed by atoms with Crippen LogP contribution < -0.4 is 9.62 Å². The minimum Gasteiger partial charge on any atom is -0.456 e. The van der Waals surface area contributed by atoms with Crippen LogP contribution in [0.4, 0.5) is 11.5 Å². The molecule has 1 aromatic heterocycles. The van der Waals surface area contributed by atoms with Crippen LogP contribution in [0.5, 0.6) is 0 Å². The number of morpholine rings is 1. The van der Waals surface area contributed by atoms with Gasteiger partial charge >= 0.3 is 16.2 Å². The minimum absolute atomic E-state index is 0.105. The van der Waals surface area contributed by atoms with Crippen LogP contribution in [0, 0.1) is 0 Å². The molecule has 44 heavy (non-hydrogen) atoms. The first-order valence-corrected chi connectivity index (χ1v) is 16.4. The van der Waals surface area contributed by atoms with E-state index in [0.717, 1.165) is 30.0 Å². The van der Waals surface area contributed by atoms with Crippen molar-refractivity contribution in [2.75, 3.05) is 55.7 Å². The van der Waals surface area contributed by atoms with Crippen molar-refractivity contribution in [2.24, 2.45) is 0 Å². The Hall–Kier alpha value is -3.55. The predicted molar refractivity (Wildman–Crippen MR) is 166 cm³/mol. The van der Waals surface area contributed by atoms with E-state index in [4.69, 9.17) is 18.9 Å². The predicted octanol–water partition coefficient (Wildman–Crippen LogP) is 3.77. The second-order valence-corrected chi connectivity index (χ2v) is 12.4. The minimum atomic E-state index is -4.06. The lowest BCUT2D eigenvalue weighted by molar-refractivity contribution is -0.162. The van der Waals surface area contributed by atoms with Gasteiger partial charge in [-0.15, -0.1) is 0 Å². The number of anilines is 2. The number of hydrogen-bond acceptors (Lipinski definition) is 9. The SMILES string of the molecule is O=C(OC(COCc1ccccc1)COCc1ccccc1)C1CCCCN1S(=O)(=O)Nc1ccc(N2CCOCC2)nc1. The maximum Gasteiger partial charge on any atom is 0.324 e. The van der Waals surface area contributed by atoms with Crippen molar-refractivity contribution in [3.8, 4) is 0 Å². The first kappa shape index (κ1) is 31.9. The molecular weight excluding hydrogens is 584 g/mol. The highest BCUT2D eigenvalue weighted by Crippen LogP contribution is 2.24. The molecule has 0 saturated carbocycles. The van der Waals surface area contributed by atoms with Gasteiger partial charge in [-0.2, -0.15) is 12.7 Å². The number of benzene rings is 2. The smallest absolute Gasteiger partial charge is 0.324 e. The molecule has 0 aliphatic carbocycles. The molecule has 0 radical (unpaired) electrons. The summed E-state index contributed by atoms with van der Waals surface area (Å²) in [4.78, 5) is 20.0. The van der Waals surface area contributed by atoms with Crippen molar-refractivity contribution >= 4 is 27.7 Å². The molecule has 3 heterocycles. The summed E-state index contributed by atoms with van der Waals surface area (Å²) >= 11 is 0. The normalized spacial score (nSPS) is 17.8. The van der Waals surface area contributed by atoms with Crippen molar-refractivity contribution < 1.29 is 32.2 Å². The molecule has 0 amide bonds. The van der Waals surface area contributed by atoms with E-state index < -0.39 is 28.3 Å². The quantitative estimate of drug-likeness (QED) is 0.267. The average Bonchev–Trinajstić information content (AvgIpc) is 3.06. The fraction of sp³-hybridized carbons (Fsp3) is 0.438. The number of hydrogen-bond donors (Lipinski definition) is 1. The standard InChI is InChI=1S/C32H40N4O7S/c37-32(43-29(24-41-22-26-9-3-1-4-10-26)25-42-23-27-11-5-2-6-12-27)30-13-7-8-16-36(30)44(38,39)34-28-14-15-31(33-21-28)35-17-19-40-20-18-35/h1-6,9-12,14-15,21,29-30,34H,7-8,13,16-20,22-25H2. The zero-order valence-electron chi connectivity index (χ0n) is 24.8.